The first-order chi connectivity index (χ1) is 14.0. The van der Waals surface area contributed by atoms with Gasteiger partial charge in [-0.1, -0.05) is 42.5 Å². The van der Waals surface area contributed by atoms with Crippen molar-refractivity contribution >= 4 is 23.5 Å². The highest BCUT2D eigenvalue weighted by Gasteiger charge is 2.39. The number of carbonyl (C=O) groups excluding carboxylic acids is 2. The molecule has 2 aromatic rings. The third kappa shape index (κ3) is 4.16. The number of nitrogens with zero attached hydrogens (tertiary/aromatic N) is 1. The van der Waals surface area contributed by atoms with E-state index in [1.165, 1.54) is 10.5 Å². The van der Waals surface area contributed by atoms with Crippen molar-refractivity contribution in [2.75, 3.05) is 44.3 Å². The Hall–Kier alpha value is -2.76. The zero-order valence-corrected chi connectivity index (χ0v) is 17.2. The third-order valence-electron chi connectivity index (χ3n) is 5.98. The predicted molar refractivity (Wildman–Crippen MR) is 114 cm³/mol. The second kappa shape index (κ2) is 8.31. The molecule has 0 atom stereocenters. The van der Waals surface area contributed by atoms with Crippen LogP contribution < -0.4 is 14.7 Å². The topological polar surface area (TPSA) is 46.3 Å². The van der Waals surface area contributed by atoms with Crippen LogP contribution in [0, 0.1) is 13.8 Å². The lowest BCUT2D eigenvalue weighted by Crippen LogP contribution is -3.28. The summed E-state index contributed by atoms with van der Waals surface area (Å²) in [6.07, 6.45) is 4.43. The lowest BCUT2D eigenvalue weighted by atomic mass is 10.0. The summed E-state index contributed by atoms with van der Waals surface area (Å²) in [7, 11) is 0. The Balaban J connectivity index is 1.34. The van der Waals surface area contributed by atoms with Gasteiger partial charge in [-0.05, 0) is 42.7 Å². The van der Waals surface area contributed by atoms with Crippen LogP contribution in [0.5, 0.6) is 0 Å². The Labute approximate surface area is 172 Å². The third-order valence-corrected chi connectivity index (χ3v) is 5.98. The van der Waals surface area contributed by atoms with Crippen molar-refractivity contribution in [3.05, 3.63) is 70.8 Å². The van der Waals surface area contributed by atoms with Crippen LogP contribution in [0.1, 0.15) is 27.0 Å². The highest BCUT2D eigenvalue weighted by atomic mass is 16.2. The molecule has 0 radical (unpaired) electrons. The molecular formula is C24H29N3O2+2. The van der Waals surface area contributed by atoms with Gasteiger partial charge in [0, 0.05) is 0 Å². The van der Waals surface area contributed by atoms with Crippen molar-refractivity contribution in [2.45, 2.75) is 13.8 Å². The normalized spacial score (nSPS) is 21.8. The lowest BCUT2D eigenvalue weighted by Gasteiger charge is -2.31. The number of hydrogen-bond donors (Lipinski definition) is 2. The Morgan fingerprint density at radius 2 is 1.66 bits per heavy atom. The summed E-state index contributed by atoms with van der Waals surface area (Å²) in [5, 5.41) is 0. The van der Waals surface area contributed by atoms with Gasteiger partial charge >= 0.3 is 5.91 Å². The molecular weight excluding hydrogens is 362 g/mol. The number of ketones is 1. The molecule has 2 heterocycles. The zero-order valence-electron chi connectivity index (χ0n) is 17.2. The molecule has 0 bridgehead atoms. The number of amides is 1. The van der Waals surface area contributed by atoms with Gasteiger partial charge in [0.25, 0.3) is 5.78 Å². The summed E-state index contributed by atoms with van der Waals surface area (Å²) in [6.45, 7) is 9.68. The highest BCUT2D eigenvalue weighted by Crippen LogP contribution is 2.31. The van der Waals surface area contributed by atoms with Crippen LogP contribution in [0.2, 0.25) is 0 Å². The van der Waals surface area contributed by atoms with Crippen LogP contribution in [-0.2, 0) is 4.79 Å². The number of Topliss-reactive ketones (excluding diaryl/α,β-unsaturated/α-hetero) is 1. The first kappa shape index (κ1) is 19.6. The van der Waals surface area contributed by atoms with Crippen molar-refractivity contribution in [3.8, 4) is 0 Å². The summed E-state index contributed by atoms with van der Waals surface area (Å²) in [5.74, 6) is -0.728. The zero-order chi connectivity index (χ0) is 20.4. The fraction of sp³-hybridized carbons (Fsp3) is 0.333. The summed E-state index contributed by atoms with van der Waals surface area (Å²) in [6, 6.07) is 14.3. The minimum absolute atomic E-state index is 0.354. The van der Waals surface area contributed by atoms with Gasteiger partial charge in [0.2, 0.25) is 0 Å². The lowest BCUT2D eigenvalue weighted by molar-refractivity contribution is -1.01. The van der Waals surface area contributed by atoms with E-state index < -0.39 is 0 Å². The van der Waals surface area contributed by atoms with Gasteiger partial charge in [0.05, 0.1) is 17.8 Å². The predicted octanol–water partition coefficient (Wildman–Crippen LogP) is 0.287. The Morgan fingerprint density at radius 3 is 2.38 bits per heavy atom. The van der Waals surface area contributed by atoms with E-state index >= 15 is 0 Å². The second-order valence-corrected chi connectivity index (χ2v) is 8.21. The Bertz CT molecular complexity index is 944. The molecule has 5 heteroatoms. The van der Waals surface area contributed by atoms with Crippen molar-refractivity contribution < 1.29 is 19.4 Å². The molecule has 0 spiro atoms. The number of nitrogens with one attached hydrogen (secondary N) is 2. The number of piperazine rings is 1. The molecule has 0 saturated carbocycles. The van der Waals surface area contributed by atoms with Crippen LogP contribution in [0.25, 0.3) is 6.08 Å². The molecule has 2 N–H and O–H groups in total. The van der Waals surface area contributed by atoms with Gasteiger partial charge < -0.3 is 9.80 Å². The van der Waals surface area contributed by atoms with E-state index in [4.69, 9.17) is 0 Å². The molecule has 0 unspecified atom stereocenters. The van der Waals surface area contributed by atoms with Crippen molar-refractivity contribution in [1.29, 1.82) is 0 Å². The van der Waals surface area contributed by atoms with E-state index in [2.05, 4.69) is 36.4 Å². The maximum absolute atomic E-state index is 12.6. The number of aryl methyl sites for hydroxylation is 2. The second-order valence-electron chi connectivity index (χ2n) is 8.21. The average Bonchev–Trinajstić information content (AvgIpc) is 2.95. The van der Waals surface area contributed by atoms with E-state index in [1.807, 2.05) is 32.0 Å². The van der Waals surface area contributed by atoms with Crippen LogP contribution in [-0.4, -0.2) is 51.1 Å². The molecule has 5 nitrogen and oxygen atoms in total. The van der Waals surface area contributed by atoms with Gasteiger partial charge in [-0.25, -0.2) is 0 Å². The number of hydrogen-bond acceptors (Lipinski definition) is 2. The van der Waals surface area contributed by atoms with Crippen molar-refractivity contribution in [3.63, 3.8) is 0 Å². The van der Waals surface area contributed by atoms with Gasteiger partial charge in [-0.3, -0.25) is 14.5 Å². The molecule has 29 heavy (non-hydrogen) atoms. The van der Waals surface area contributed by atoms with Gasteiger partial charge in [0.15, 0.2) is 6.67 Å². The van der Waals surface area contributed by atoms with E-state index in [-0.39, 0.29) is 11.7 Å². The number of carbonyl (C=O) groups is 2. The van der Waals surface area contributed by atoms with Gasteiger partial charge in [-0.2, -0.15) is 0 Å². The van der Waals surface area contributed by atoms with Crippen molar-refractivity contribution in [2.24, 2.45) is 0 Å². The summed E-state index contributed by atoms with van der Waals surface area (Å²) < 4.78 is 0. The fourth-order valence-electron chi connectivity index (χ4n) is 4.42. The molecule has 4 rings (SSSR count). The minimum atomic E-state index is -0.373. The molecule has 0 aromatic heterocycles. The maximum atomic E-state index is 12.6. The Morgan fingerprint density at radius 1 is 0.966 bits per heavy atom. The van der Waals surface area contributed by atoms with Gasteiger partial charge in [0.1, 0.15) is 26.2 Å². The summed E-state index contributed by atoms with van der Waals surface area (Å²) >= 11 is 0. The van der Waals surface area contributed by atoms with Crippen LogP contribution in [0.3, 0.4) is 0 Å². The number of fused-ring (bicyclic) bond motifs is 1. The van der Waals surface area contributed by atoms with E-state index in [0.717, 1.165) is 49.5 Å². The smallest absolute Gasteiger partial charge is 0.303 e. The van der Waals surface area contributed by atoms with Crippen LogP contribution >= 0.6 is 0 Å². The van der Waals surface area contributed by atoms with E-state index in [0.29, 0.717) is 12.2 Å². The van der Waals surface area contributed by atoms with Crippen LogP contribution in [0.15, 0.2) is 48.5 Å². The first-order valence-corrected chi connectivity index (χ1v) is 10.4. The number of rotatable bonds is 5. The average molecular weight is 392 g/mol. The largest absolute Gasteiger partial charge is 0.322 e. The minimum Gasteiger partial charge on any atom is -0.322 e. The molecule has 150 valence electrons. The molecule has 2 aliphatic heterocycles. The Kier molecular flexibility index (Phi) is 5.60. The molecule has 0 aliphatic carbocycles. The SMILES string of the molecule is Cc1cc(C)c2c(c1)N(C[NH+]1CC[NH+](C/C=C/c3ccccc3)CC1)C(=O)C2=O. The highest BCUT2D eigenvalue weighted by molar-refractivity contribution is 6.52. The summed E-state index contributed by atoms with van der Waals surface area (Å²) in [4.78, 5) is 29.7. The standard InChI is InChI=1S/C24H27N3O2/c1-18-15-19(2)22-21(16-18)27(24(29)23(22)28)17-26-13-11-25(12-14-26)10-6-9-20-7-4-3-5-8-20/h3-9,15-16H,10-14,17H2,1-2H3/p+2/b9-6+. The number of benzene rings is 2. The fourth-order valence-corrected chi connectivity index (χ4v) is 4.42. The first-order valence-electron chi connectivity index (χ1n) is 10.4. The van der Waals surface area contributed by atoms with Gasteiger partial charge in [-0.15, -0.1) is 0 Å². The number of quaternary nitrogens is 2. The molecule has 2 aliphatic rings. The maximum Gasteiger partial charge on any atom is 0.303 e. The van der Waals surface area contributed by atoms with Crippen LogP contribution in [0.4, 0.5) is 5.69 Å². The molecule has 1 fully saturated rings. The van der Waals surface area contributed by atoms with Crippen molar-refractivity contribution in [1.82, 2.24) is 0 Å². The van der Waals surface area contributed by atoms with E-state index in [9.17, 15) is 9.59 Å². The quantitative estimate of drug-likeness (QED) is 0.720. The molecule has 1 amide bonds. The molecule has 2 aromatic carbocycles. The number of anilines is 1. The monoisotopic (exact) mass is 391 g/mol. The molecule has 1 saturated heterocycles. The van der Waals surface area contributed by atoms with E-state index in [1.54, 1.807) is 9.80 Å². The summed E-state index contributed by atoms with van der Waals surface area (Å²) in [5.41, 5.74) is 4.61.